The summed E-state index contributed by atoms with van der Waals surface area (Å²) in [7, 11) is -0.600. The zero-order valence-corrected chi connectivity index (χ0v) is 9.17. The number of hydrogen-bond acceptors (Lipinski definition) is 4. The van der Waals surface area contributed by atoms with Crippen molar-refractivity contribution in [3.05, 3.63) is 0 Å². The Kier molecular flexibility index (Phi) is 3.49. The molecule has 0 bridgehead atoms. The van der Waals surface area contributed by atoms with Crippen molar-refractivity contribution in [1.82, 2.24) is 9.03 Å². The minimum Gasteiger partial charge on any atom is -0.386 e. The van der Waals surface area contributed by atoms with E-state index >= 15 is 0 Å². The number of aliphatic hydroxyl groups is 1. The first-order valence-corrected chi connectivity index (χ1v) is 5.77. The second-order valence-corrected chi connectivity index (χ2v) is 5.60. The van der Waals surface area contributed by atoms with E-state index < -0.39 is 15.8 Å². The highest BCUT2D eigenvalue weighted by atomic mass is 32.2. The smallest absolute Gasteiger partial charge is 0.279 e. The van der Waals surface area contributed by atoms with Crippen LogP contribution >= 0.6 is 0 Å². The molecule has 1 heterocycles. The van der Waals surface area contributed by atoms with E-state index in [0.717, 1.165) is 4.31 Å². The predicted octanol–water partition coefficient (Wildman–Crippen LogP) is -1.47. The van der Waals surface area contributed by atoms with Gasteiger partial charge in [-0.3, -0.25) is 0 Å². The van der Waals surface area contributed by atoms with E-state index in [9.17, 15) is 13.5 Å². The average molecular weight is 224 g/mol. The standard InChI is InChI=1S/C7H16N2O4S/c1-9(2)14(11,12)8-5-7(10)3-4-13-6-7/h8,10H,3-6H2,1-2H3. The zero-order chi connectivity index (χ0) is 10.8. The van der Waals surface area contributed by atoms with Crippen LogP contribution in [0.5, 0.6) is 0 Å². The molecule has 0 saturated carbocycles. The lowest BCUT2D eigenvalue weighted by molar-refractivity contribution is 0.0312. The molecule has 6 nitrogen and oxygen atoms in total. The van der Waals surface area contributed by atoms with E-state index in [0.29, 0.717) is 13.0 Å². The van der Waals surface area contributed by atoms with Crippen LogP contribution in [0.4, 0.5) is 0 Å². The van der Waals surface area contributed by atoms with Crippen molar-refractivity contribution < 1.29 is 18.3 Å². The molecule has 0 amide bonds. The largest absolute Gasteiger partial charge is 0.386 e. The molecular weight excluding hydrogens is 208 g/mol. The number of nitrogens with one attached hydrogen (secondary N) is 1. The third-order valence-corrected chi connectivity index (χ3v) is 3.62. The second-order valence-electron chi connectivity index (χ2n) is 3.64. The Hall–Kier alpha value is -0.210. The molecule has 0 aromatic rings. The van der Waals surface area contributed by atoms with Crippen molar-refractivity contribution in [2.45, 2.75) is 12.0 Å². The first-order valence-electron chi connectivity index (χ1n) is 4.33. The maximum atomic E-state index is 11.3. The summed E-state index contributed by atoms with van der Waals surface area (Å²) in [6.07, 6.45) is 0.461. The van der Waals surface area contributed by atoms with E-state index in [4.69, 9.17) is 4.74 Å². The molecule has 1 aliphatic heterocycles. The van der Waals surface area contributed by atoms with Gasteiger partial charge < -0.3 is 9.84 Å². The van der Waals surface area contributed by atoms with Crippen LogP contribution in [-0.4, -0.2) is 57.3 Å². The Morgan fingerprint density at radius 3 is 2.64 bits per heavy atom. The summed E-state index contributed by atoms with van der Waals surface area (Å²) in [4.78, 5) is 0. The van der Waals surface area contributed by atoms with Gasteiger partial charge in [0.05, 0.1) is 6.61 Å². The first kappa shape index (κ1) is 11.9. The number of rotatable bonds is 4. The summed E-state index contributed by atoms with van der Waals surface area (Å²) < 4.78 is 30.9. The third kappa shape index (κ3) is 2.89. The van der Waals surface area contributed by atoms with Crippen molar-refractivity contribution in [2.75, 3.05) is 33.9 Å². The molecule has 2 N–H and O–H groups in total. The Morgan fingerprint density at radius 2 is 2.21 bits per heavy atom. The number of nitrogens with zero attached hydrogens (tertiary/aromatic N) is 1. The van der Waals surface area contributed by atoms with Gasteiger partial charge in [-0.2, -0.15) is 17.4 Å². The van der Waals surface area contributed by atoms with E-state index in [1.807, 2.05) is 0 Å². The van der Waals surface area contributed by atoms with Gasteiger partial charge in [-0.05, 0) is 0 Å². The molecule has 1 aliphatic rings. The molecule has 1 rings (SSSR count). The van der Waals surface area contributed by atoms with Crippen molar-refractivity contribution in [3.63, 3.8) is 0 Å². The Bertz CT molecular complexity index is 282. The molecule has 0 spiro atoms. The summed E-state index contributed by atoms with van der Waals surface area (Å²) in [5.74, 6) is 0. The molecule has 0 aromatic heterocycles. The highest BCUT2D eigenvalue weighted by Gasteiger charge is 2.33. The van der Waals surface area contributed by atoms with E-state index in [-0.39, 0.29) is 13.2 Å². The van der Waals surface area contributed by atoms with Gasteiger partial charge in [-0.25, -0.2) is 0 Å². The maximum absolute atomic E-state index is 11.3. The van der Waals surface area contributed by atoms with Crippen molar-refractivity contribution in [2.24, 2.45) is 0 Å². The maximum Gasteiger partial charge on any atom is 0.279 e. The molecule has 7 heteroatoms. The Morgan fingerprint density at radius 1 is 1.57 bits per heavy atom. The van der Waals surface area contributed by atoms with E-state index in [1.54, 1.807) is 0 Å². The fraction of sp³-hybridized carbons (Fsp3) is 1.00. The van der Waals surface area contributed by atoms with Crippen molar-refractivity contribution >= 4 is 10.2 Å². The fourth-order valence-electron chi connectivity index (χ4n) is 1.09. The molecule has 1 fully saturated rings. The molecule has 1 atom stereocenters. The van der Waals surface area contributed by atoms with Gasteiger partial charge in [0.15, 0.2) is 0 Å². The number of ether oxygens (including phenoxy) is 1. The molecule has 0 aromatic carbocycles. The lowest BCUT2D eigenvalue weighted by atomic mass is 10.1. The molecule has 0 aliphatic carbocycles. The van der Waals surface area contributed by atoms with Gasteiger partial charge in [-0.15, -0.1) is 0 Å². The van der Waals surface area contributed by atoms with E-state index in [2.05, 4.69) is 4.72 Å². The molecule has 84 valence electrons. The first-order chi connectivity index (χ1) is 6.36. The summed E-state index contributed by atoms with van der Waals surface area (Å²) in [6, 6.07) is 0. The van der Waals surface area contributed by atoms with Crippen LogP contribution in [-0.2, 0) is 14.9 Å². The van der Waals surface area contributed by atoms with Crippen LogP contribution < -0.4 is 4.72 Å². The summed E-state index contributed by atoms with van der Waals surface area (Å²) >= 11 is 0. The minimum atomic E-state index is -3.46. The van der Waals surface area contributed by atoms with Gasteiger partial charge in [-0.1, -0.05) is 0 Å². The quantitative estimate of drug-likeness (QED) is 0.611. The molecule has 0 radical (unpaired) electrons. The van der Waals surface area contributed by atoms with Gasteiger partial charge in [0.25, 0.3) is 10.2 Å². The van der Waals surface area contributed by atoms with Crippen molar-refractivity contribution in [3.8, 4) is 0 Å². The normalized spacial score (nSPS) is 28.6. The van der Waals surface area contributed by atoms with Crippen LogP contribution in [0.15, 0.2) is 0 Å². The van der Waals surface area contributed by atoms with Crippen LogP contribution in [0.2, 0.25) is 0 Å². The molecular formula is C7H16N2O4S. The molecule has 1 saturated heterocycles. The monoisotopic (exact) mass is 224 g/mol. The van der Waals surface area contributed by atoms with Crippen LogP contribution in [0.1, 0.15) is 6.42 Å². The van der Waals surface area contributed by atoms with Crippen LogP contribution in [0.3, 0.4) is 0 Å². The van der Waals surface area contributed by atoms with Gasteiger partial charge in [0.2, 0.25) is 0 Å². The minimum absolute atomic E-state index is 0.00644. The van der Waals surface area contributed by atoms with Crippen LogP contribution in [0.25, 0.3) is 0 Å². The fourth-order valence-corrected chi connectivity index (χ4v) is 1.80. The summed E-state index contributed by atoms with van der Waals surface area (Å²) in [6.45, 7) is 0.649. The zero-order valence-electron chi connectivity index (χ0n) is 8.36. The topological polar surface area (TPSA) is 78.9 Å². The van der Waals surface area contributed by atoms with Crippen molar-refractivity contribution in [1.29, 1.82) is 0 Å². The highest BCUT2D eigenvalue weighted by Crippen LogP contribution is 2.17. The Labute approximate surface area is 84.0 Å². The lowest BCUT2D eigenvalue weighted by Gasteiger charge is -2.22. The molecule has 1 unspecified atom stereocenters. The lowest BCUT2D eigenvalue weighted by Crippen LogP contribution is -2.46. The van der Waals surface area contributed by atoms with Gasteiger partial charge in [0.1, 0.15) is 5.60 Å². The van der Waals surface area contributed by atoms with Crippen LogP contribution in [0, 0.1) is 0 Å². The molecule has 14 heavy (non-hydrogen) atoms. The third-order valence-electron chi connectivity index (χ3n) is 2.15. The van der Waals surface area contributed by atoms with Gasteiger partial charge >= 0.3 is 0 Å². The second kappa shape index (κ2) is 4.11. The predicted molar refractivity (Wildman–Crippen MR) is 51.0 cm³/mol. The Balaban J connectivity index is 2.48. The SMILES string of the molecule is CN(C)S(=O)(=O)NCC1(O)CCOC1. The van der Waals surface area contributed by atoms with Gasteiger partial charge in [0, 0.05) is 33.7 Å². The average Bonchev–Trinajstić information content (AvgIpc) is 2.50. The summed E-state index contributed by atoms with van der Waals surface area (Å²) in [5.41, 5.74) is -1.05. The highest BCUT2D eigenvalue weighted by molar-refractivity contribution is 7.87. The number of hydrogen-bond donors (Lipinski definition) is 2. The van der Waals surface area contributed by atoms with E-state index in [1.165, 1.54) is 14.1 Å². The summed E-state index contributed by atoms with van der Waals surface area (Å²) in [5, 5.41) is 9.77.